The number of aromatic nitrogens is 6. The fourth-order valence-electron chi connectivity index (χ4n) is 4.39. The number of nitrogen functional groups attached to an aromatic ring is 1. The number of nitrogens with zero attached hydrogens (tertiary/aromatic N) is 5. The van der Waals surface area contributed by atoms with Crippen LogP contribution in [0.25, 0.3) is 27.8 Å². The molecule has 1 saturated carbocycles. The summed E-state index contributed by atoms with van der Waals surface area (Å²) in [5.41, 5.74) is 9.03. The highest BCUT2D eigenvalue weighted by atomic mass is 16.5. The minimum absolute atomic E-state index is 0.112. The number of H-pyrrole nitrogens is 1. The van der Waals surface area contributed by atoms with Crippen LogP contribution >= 0.6 is 0 Å². The summed E-state index contributed by atoms with van der Waals surface area (Å²) in [4.78, 5) is 34.6. The summed E-state index contributed by atoms with van der Waals surface area (Å²) >= 11 is 0. The summed E-state index contributed by atoms with van der Waals surface area (Å²) < 4.78 is 7.64. The first-order valence-electron chi connectivity index (χ1n) is 12.0. The third kappa shape index (κ3) is 4.00. The van der Waals surface area contributed by atoms with E-state index in [0.29, 0.717) is 51.9 Å². The number of hydrogen-bond donors (Lipinski definition) is 3. The topological polar surface area (TPSA) is 137 Å². The molecule has 0 aliphatic heterocycles. The number of hydrogen-bond acceptors (Lipinski definition) is 8. The van der Waals surface area contributed by atoms with E-state index in [1.165, 1.54) is 19.2 Å². The molecule has 1 fully saturated rings. The monoisotopic (exact) mass is 482 g/mol. The van der Waals surface area contributed by atoms with Gasteiger partial charge < -0.3 is 20.8 Å². The Morgan fingerprint density at radius 1 is 1.19 bits per heavy atom. The highest BCUT2D eigenvalue weighted by molar-refractivity contribution is 5.84. The molecular formula is C26H26N8O2. The Hall–Kier alpha value is -4.47. The number of rotatable bonds is 7. The van der Waals surface area contributed by atoms with Gasteiger partial charge in [-0.15, -0.1) is 0 Å². The van der Waals surface area contributed by atoms with Crippen molar-refractivity contribution in [2.45, 2.75) is 32.7 Å². The van der Waals surface area contributed by atoms with Crippen molar-refractivity contribution in [3.63, 3.8) is 0 Å². The molecule has 0 radical (unpaired) electrons. The lowest BCUT2D eigenvalue weighted by Gasteiger charge is -2.21. The average molecular weight is 483 g/mol. The minimum atomic E-state index is -0.423. The van der Waals surface area contributed by atoms with Crippen LogP contribution in [0, 0.1) is 12.8 Å². The Morgan fingerprint density at radius 2 is 2.03 bits per heavy atom. The SMILES string of the molecule is Cc1cccc2nc(C(C)Nc3nc(N)nc4[nH]cnc34)n(-c3cccc(OCC4CC4)c3)c(=O)c12. The van der Waals surface area contributed by atoms with Crippen LogP contribution in [0.4, 0.5) is 11.8 Å². The van der Waals surface area contributed by atoms with Crippen molar-refractivity contribution < 1.29 is 4.74 Å². The molecule has 2 aromatic carbocycles. The van der Waals surface area contributed by atoms with E-state index in [-0.39, 0.29) is 11.5 Å². The van der Waals surface area contributed by atoms with Crippen molar-refractivity contribution >= 4 is 33.8 Å². The smallest absolute Gasteiger partial charge is 0.266 e. The van der Waals surface area contributed by atoms with Crippen LogP contribution in [-0.4, -0.2) is 36.1 Å². The van der Waals surface area contributed by atoms with Crippen LogP contribution < -0.4 is 21.3 Å². The van der Waals surface area contributed by atoms with Gasteiger partial charge in [0, 0.05) is 6.07 Å². The molecule has 1 unspecified atom stereocenters. The van der Waals surface area contributed by atoms with E-state index in [0.717, 1.165) is 11.3 Å². The average Bonchev–Trinajstić information content (AvgIpc) is 3.57. The zero-order valence-corrected chi connectivity index (χ0v) is 20.0. The van der Waals surface area contributed by atoms with Gasteiger partial charge in [0.05, 0.1) is 35.6 Å². The Kier molecular flexibility index (Phi) is 5.28. The zero-order valence-electron chi connectivity index (χ0n) is 20.0. The van der Waals surface area contributed by atoms with Gasteiger partial charge in [0.15, 0.2) is 11.5 Å². The molecular weight excluding hydrogens is 456 g/mol. The lowest BCUT2D eigenvalue weighted by Crippen LogP contribution is -2.28. The molecule has 36 heavy (non-hydrogen) atoms. The second-order valence-corrected chi connectivity index (χ2v) is 9.23. The summed E-state index contributed by atoms with van der Waals surface area (Å²) in [5.74, 6) is 2.45. The highest BCUT2D eigenvalue weighted by Crippen LogP contribution is 2.30. The molecule has 1 atom stereocenters. The quantitative estimate of drug-likeness (QED) is 0.318. The number of ether oxygens (including phenoxy) is 1. The van der Waals surface area contributed by atoms with Gasteiger partial charge >= 0.3 is 0 Å². The number of nitrogens with two attached hydrogens (primary N) is 1. The molecule has 182 valence electrons. The molecule has 0 spiro atoms. The van der Waals surface area contributed by atoms with E-state index in [1.807, 2.05) is 56.3 Å². The fraction of sp³-hybridized carbons (Fsp3) is 0.269. The molecule has 0 saturated heterocycles. The molecule has 3 heterocycles. The Balaban J connectivity index is 1.48. The lowest BCUT2D eigenvalue weighted by atomic mass is 10.1. The summed E-state index contributed by atoms with van der Waals surface area (Å²) in [6.45, 7) is 4.53. The number of fused-ring (bicyclic) bond motifs is 2. The first-order valence-corrected chi connectivity index (χ1v) is 12.0. The predicted octanol–water partition coefficient (Wildman–Crippen LogP) is 3.90. The summed E-state index contributed by atoms with van der Waals surface area (Å²) in [5, 5.41) is 3.92. The molecule has 1 aliphatic rings. The number of aryl methyl sites for hydroxylation is 1. The molecule has 10 nitrogen and oxygen atoms in total. The summed E-state index contributed by atoms with van der Waals surface area (Å²) in [6, 6.07) is 12.8. The van der Waals surface area contributed by atoms with Gasteiger partial charge in [0.25, 0.3) is 5.56 Å². The van der Waals surface area contributed by atoms with E-state index >= 15 is 0 Å². The number of imidazole rings is 1. The Labute approximate surface area is 206 Å². The van der Waals surface area contributed by atoms with E-state index in [4.69, 9.17) is 15.5 Å². The maximum absolute atomic E-state index is 13.9. The molecule has 4 N–H and O–H groups in total. The predicted molar refractivity (Wildman–Crippen MR) is 138 cm³/mol. The highest BCUT2D eigenvalue weighted by Gasteiger charge is 2.23. The van der Waals surface area contributed by atoms with E-state index in [2.05, 4.69) is 25.3 Å². The van der Waals surface area contributed by atoms with Crippen molar-refractivity contribution in [1.82, 2.24) is 29.5 Å². The van der Waals surface area contributed by atoms with Gasteiger partial charge in [-0.1, -0.05) is 18.2 Å². The molecule has 5 aromatic rings. The third-order valence-corrected chi connectivity index (χ3v) is 6.43. The molecule has 6 rings (SSSR count). The van der Waals surface area contributed by atoms with Crippen molar-refractivity contribution in [2.75, 3.05) is 17.7 Å². The summed E-state index contributed by atoms with van der Waals surface area (Å²) in [7, 11) is 0. The largest absolute Gasteiger partial charge is 0.493 e. The van der Waals surface area contributed by atoms with E-state index in [9.17, 15) is 4.79 Å². The minimum Gasteiger partial charge on any atom is -0.493 e. The lowest BCUT2D eigenvalue weighted by molar-refractivity contribution is 0.299. The molecule has 10 heteroatoms. The zero-order chi connectivity index (χ0) is 24.8. The van der Waals surface area contributed by atoms with E-state index < -0.39 is 6.04 Å². The molecule has 1 aliphatic carbocycles. The van der Waals surface area contributed by atoms with Crippen LogP contribution in [0.15, 0.2) is 53.6 Å². The molecule has 0 amide bonds. The Bertz CT molecular complexity index is 1650. The standard InChI is InChI=1S/C26H26N8O2/c1-14-5-3-8-19-20(14)25(35)34(17-6-4-7-18(11-17)36-12-16-9-10-16)24(31-19)15(2)30-23-21-22(29-13-28-21)32-26(27)33-23/h3-8,11,13,15-16H,9-10,12H2,1-2H3,(H4,27,28,29,30,32,33). The van der Waals surface area contributed by atoms with Crippen LogP contribution in [0.3, 0.4) is 0 Å². The van der Waals surface area contributed by atoms with Gasteiger partial charge in [0.2, 0.25) is 5.95 Å². The van der Waals surface area contributed by atoms with Crippen molar-refractivity contribution in [3.8, 4) is 11.4 Å². The van der Waals surface area contributed by atoms with Crippen LogP contribution in [-0.2, 0) is 0 Å². The van der Waals surface area contributed by atoms with Gasteiger partial charge in [-0.05, 0) is 56.4 Å². The van der Waals surface area contributed by atoms with E-state index in [1.54, 1.807) is 4.57 Å². The summed E-state index contributed by atoms with van der Waals surface area (Å²) in [6.07, 6.45) is 3.95. The van der Waals surface area contributed by atoms with Crippen LogP contribution in [0.5, 0.6) is 5.75 Å². The van der Waals surface area contributed by atoms with Crippen molar-refractivity contribution in [1.29, 1.82) is 0 Å². The second kappa shape index (κ2) is 8.63. The number of benzene rings is 2. The Morgan fingerprint density at radius 3 is 2.86 bits per heavy atom. The maximum Gasteiger partial charge on any atom is 0.266 e. The second-order valence-electron chi connectivity index (χ2n) is 9.23. The third-order valence-electron chi connectivity index (χ3n) is 6.43. The van der Waals surface area contributed by atoms with Gasteiger partial charge in [0.1, 0.15) is 17.1 Å². The number of aromatic amines is 1. The maximum atomic E-state index is 13.9. The number of anilines is 2. The van der Waals surface area contributed by atoms with Gasteiger partial charge in [-0.2, -0.15) is 9.97 Å². The normalized spacial score (nSPS) is 14.3. The van der Waals surface area contributed by atoms with Gasteiger partial charge in [-0.3, -0.25) is 9.36 Å². The first kappa shape index (κ1) is 22.0. The molecule has 0 bridgehead atoms. The van der Waals surface area contributed by atoms with Crippen molar-refractivity contribution in [3.05, 3.63) is 70.5 Å². The fourth-order valence-corrected chi connectivity index (χ4v) is 4.39. The first-order chi connectivity index (χ1) is 17.5. The van der Waals surface area contributed by atoms with Gasteiger partial charge in [-0.25, -0.2) is 9.97 Å². The number of nitrogens with one attached hydrogen (secondary N) is 2. The molecule has 3 aromatic heterocycles. The van der Waals surface area contributed by atoms with Crippen molar-refractivity contribution in [2.24, 2.45) is 5.92 Å². The van der Waals surface area contributed by atoms with Crippen LogP contribution in [0.2, 0.25) is 0 Å². The van der Waals surface area contributed by atoms with Crippen LogP contribution in [0.1, 0.15) is 37.2 Å².